The summed E-state index contributed by atoms with van der Waals surface area (Å²) in [7, 11) is 1.77. The molecule has 0 aliphatic carbocycles. The second-order valence-electron chi connectivity index (χ2n) is 8.57. The first-order valence-corrected chi connectivity index (χ1v) is 11.1. The van der Waals surface area contributed by atoms with Gasteiger partial charge in [-0.1, -0.05) is 55.8 Å². The molecule has 4 heteroatoms. The Balaban J connectivity index is 1.77. The average Bonchev–Trinajstić information content (AvgIpc) is 2.74. The Morgan fingerprint density at radius 2 is 1.86 bits per heavy atom. The first-order chi connectivity index (χ1) is 13.9. The molecular formula is C25H34ClNO2. The number of hydrogen-bond acceptors (Lipinski definition) is 3. The zero-order chi connectivity index (χ0) is 20.9. The van der Waals surface area contributed by atoms with Crippen molar-refractivity contribution in [1.29, 1.82) is 0 Å². The summed E-state index contributed by atoms with van der Waals surface area (Å²) in [5.74, 6) is 1.49. The van der Waals surface area contributed by atoms with Crippen molar-refractivity contribution in [1.82, 2.24) is 5.32 Å². The molecule has 3 rings (SSSR count). The molecule has 0 saturated carbocycles. The molecule has 2 aromatic carbocycles. The maximum absolute atomic E-state index is 6.12. The van der Waals surface area contributed by atoms with E-state index in [1.165, 1.54) is 11.1 Å². The number of rotatable bonds is 8. The second-order valence-corrected chi connectivity index (χ2v) is 9.00. The average molecular weight is 416 g/mol. The summed E-state index contributed by atoms with van der Waals surface area (Å²) in [5, 5.41) is 4.49. The molecule has 0 unspecified atom stereocenters. The molecule has 1 aliphatic heterocycles. The lowest BCUT2D eigenvalue weighted by atomic mass is 9.68. The first-order valence-electron chi connectivity index (χ1n) is 10.7. The van der Waals surface area contributed by atoms with Crippen LogP contribution >= 0.6 is 11.6 Å². The monoisotopic (exact) mass is 415 g/mol. The van der Waals surface area contributed by atoms with E-state index in [1.807, 2.05) is 12.1 Å². The van der Waals surface area contributed by atoms with Gasteiger partial charge in [0, 0.05) is 28.6 Å². The van der Waals surface area contributed by atoms with Gasteiger partial charge >= 0.3 is 0 Å². The van der Waals surface area contributed by atoms with E-state index in [2.05, 4.69) is 62.5 Å². The van der Waals surface area contributed by atoms with E-state index in [0.29, 0.717) is 5.92 Å². The quantitative estimate of drug-likeness (QED) is 0.559. The lowest BCUT2D eigenvalue weighted by Gasteiger charge is -2.43. The summed E-state index contributed by atoms with van der Waals surface area (Å²) >= 11 is 6.03. The van der Waals surface area contributed by atoms with Crippen LogP contribution < -0.4 is 10.1 Å². The Bertz CT molecular complexity index is 777. The molecule has 2 aromatic rings. The van der Waals surface area contributed by atoms with E-state index in [1.54, 1.807) is 7.11 Å². The molecule has 3 atom stereocenters. The third-order valence-electron chi connectivity index (χ3n) is 6.35. The van der Waals surface area contributed by atoms with Gasteiger partial charge in [-0.3, -0.25) is 0 Å². The fourth-order valence-electron chi connectivity index (χ4n) is 4.47. The number of nitrogens with one attached hydrogen (secondary N) is 1. The predicted octanol–water partition coefficient (Wildman–Crippen LogP) is 6.16. The summed E-state index contributed by atoms with van der Waals surface area (Å²) < 4.78 is 11.9. The van der Waals surface area contributed by atoms with Crippen LogP contribution in [0.1, 0.15) is 57.2 Å². The van der Waals surface area contributed by atoms with Crippen LogP contribution in [0.25, 0.3) is 0 Å². The normalized spacial score (nSPS) is 23.2. The van der Waals surface area contributed by atoms with Gasteiger partial charge < -0.3 is 14.8 Å². The van der Waals surface area contributed by atoms with Crippen LogP contribution in [0, 0.1) is 5.92 Å². The molecule has 1 saturated heterocycles. The summed E-state index contributed by atoms with van der Waals surface area (Å²) in [6.07, 6.45) is 3.38. The Morgan fingerprint density at radius 1 is 1.14 bits per heavy atom. The van der Waals surface area contributed by atoms with E-state index in [9.17, 15) is 0 Å². The van der Waals surface area contributed by atoms with E-state index >= 15 is 0 Å². The molecule has 0 aromatic heterocycles. The van der Waals surface area contributed by atoms with Crippen molar-refractivity contribution in [2.24, 2.45) is 5.92 Å². The van der Waals surface area contributed by atoms with Crippen LogP contribution in [0.3, 0.4) is 0 Å². The fraction of sp³-hybridized carbons (Fsp3) is 0.520. The van der Waals surface area contributed by atoms with Crippen LogP contribution in [-0.4, -0.2) is 26.4 Å². The molecule has 0 amide bonds. The highest BCUT2D eigenvalue weighted by atomic mass is 35.5. The second kappa shape index (κ2) is 9.97. The highest BCUT2D eigenvalue weighted by Gasteiger charge is 2.40. The van der Waals surface area contributed by atoms with E-state index in [4.69, 9.17) is 21.1 Å². The van der Waals surface area contributed by atoms with Gasteiger partial charge in [-0.15, -0.1) is 0 Å². The zero-order valence-electron chi connectivity index (χ0n) is 18.1. The van der Waals surface area contributed by atoms with Gasteiger partial charge in [-0.25, -0.2) is 0 Å². The van der Waals surface area contributed by atoms with Gasteiger partial charge in [0.1, 0.15) is 5.75 Å². The molecule has 1 aliphatic rings. The number of benzene rings is 2. The van der Waals surface area contributed by atoms with Crippen LogP contribution in [0.4, 0.5) is 0 Å². The van der Waals surface area contributed by atoms with Gasteiger partial charge in [-0.05, 0) is 62.4 Å². The van der Waals surface area contributed by atoms with Crippen molar-refractivity contribution in [2.45, 2.75) is 57.6 Å². The largest absolute Gasteiger partial charge is 0.496 e. The van der Waals surface area contributed by atoms with Crippen molar-refractivity contribution in [3.63, 3.8) is 0 Å². The first kappa shape index (κ1) is 22.1. The maximum Gasteiger partial charge on any atom is 0.122 e. The third-order valence-corrected chi connectivity index (χ3v) is 6.60. The summed E-state index contributed by atoms with van der Waals surface area (Å²) in [5.41, 5.74) is 2.64. The van der Waals surface area contributed by atoms with Crippen molar-refractivity contribution >= 4 is 11.6 Å². The molecule has 29 heavy (non-hydrogen) atoms. The van der Waals surface area contributed by atoms with Gasteiger partial charge in [0.2, 0.25) is 0 Å². The number of methoxy groups -OCH3 is 1. The topological polar surface area (TPSA) is 30.5 Å². The Labute approximate surface area is 180 Å². The van der Waals surface area contributed by atoms with Crippen molar-refractivity contribution in [3.05, 3.63) is 64.7 Å². The molecule has 1 fully saturated rings. The number of halogens is 1. The van der Waals surface area contributed by atoms with E-state index < -0.39 is 0 Å². The summed E-state index contributed by atoms with van der Waals surface area (Å²) in [6.45, 7) is 8.45. The van der Waals surface area contributed by atoms with E-state index in [-0.39, 0.29) is 17.6 Å². The van der Waals surface area contributed by atoms with Crippen molar-refractivity contribution in [2.75, 3.05) is 20.3 Å². The van der Waals surface area contributed by atoms with Crippen molar-refractivity contribution < 1.29 is 9.47 Å². The molecule has 0 radical (unpaired) electrons. The highest BCUT2D eigenvalue weighted by molar-refractivity contribution is 6.30. The predicted molar refractivity (Wildman–Crippen MR) is 121 cm³/mol. The standard InChI is InChI=1S/C25H34ClNO2/c1-18(2)24-17-25(14-16-29-24,22-7-5-6-8-23(22)28-4)13-15-27-19(3)20-9-11-21(26)12-10-20/h5-12,18-19,24,27H,13-17H2,1-4H3/t19-,24-,25-/m1/s1. The van der Waals surface area contributed by atoms with Crippen LogP contribution in [0.2, 0.25) is 5.02 Å². The Kier molecular flexibility index (Phi) is 7.61. The lowest BCUT2D eigenvalue weighted by Crippen LogP contribution is -2.43. The van der Waals surface area contributed by atoms with Gasteiger partial charge in [0.15, 0.2) is 0 Å². The molecule has 1 N–H and O–H groups in total. The SMILES string of the molecule is COc1ccccc1[C@]1(CCN[C@H](C)c2ccc(Cl)cc2)CCO[C@@H](C(C)C)C1. The fourth-order valence-corrected chi connectivity index (χ4v) is 4.59. The molecule has 0 bridgehead atoms. The Hall–Kier alpha value is -1.55. The smallest absolute Gasteiger partial charge is 0.122 e. The van der Waals surface area contributed by atoms with Crippen LogP contribution in [-0.2, 0) is 10.2 Å². The molecule has 1 heterocycles. The maximum atomic E-state index is 6.12. The molecular weight excluding hydrogens is 382 g/mol. The highest BCUT2D eigenvalue weighted by Crippen LogP contribution is 2.45. The molecule has 3 nitrogen and oxygen atoms in total. The summed E-state index contributed by atoms with van der Waals surface area (Å²) in [4.78, 5) is 0. The van der Waals surface area contributed by atoms with E-state index in [0.717, 1.165) is 43.2 Å². The van der Waals surface area contributed by atoms with Crippen LogP contribution in [0.15, 0.2) is 48.5 Å². The third kappa shape index (κ3) is 5.33. The Morgan fingerprint density at radius 3 is 2.55 bits per heavy atom. The minimum absolute atomic E-state index is 0.0620. The molecule has 0 spiro atoms. The zero-order valence-corrected chi connectivity index (χ0v) is 18.8. The summed E-state index contributed by atoms with van der Waals surface area (Å²) in [6, 6.07) is 16.9. The van der Waals surface area contributed by atoms with Gasteiger partial charge in [0.05, 0.1) is 13.2 Å². The van der Waals surface area contributed by atoms with Crippen LogP contribution in [0.5, 0.6) is 5.75 Å². The number of ether oxygens (including phenoxy) is 2. The minimum Gasteiger partial charge on any atom is -0.496 e. The molecule has 158 valence electrons. The number of hydrogen-bond donors (Lipinski definition) is 1. The van der Waals surface area contributed by atoms with Gasteiger partial charge in [-0.2, -0.15) is 0 Å². The van der Waals surface area contributed by atoms with Crippen molar-refractivity contribution in [3.8, 4) is 5.75 Å². The lowest BCUT2D eigenvalue weighted by molar-refractivity contribution is -0.0474. The van der Waals surface area contributed by atoms with Gasteiger partial charge in [0.25, 0.3) is 0 Å². The minimum atomic E-state index is 0.0620. The number of para-hydroxylation sites is 1.